The highest BCUT2D eigenvalue weighted by atomic mass is 16.3. The fourth-order valence-corrected chi connectivity index (χ4v) is 2.52. The molecule has 22 heavy (non-hydrogen) atoms. The molecular weight excluding hydrogens is 282 g/mol. The number of aromatic nitrogens is 1. The summed E-state index contributed by atoms with van der Waals surface area (Å²) < 4.78 is 5.17. The van der Waals surface area contributed by atoms with Gasteiger partial charge in [-0.2, -0.15) is 0 Å². The number of hydrogen-bond acceptors (Lipinski definition) is 4. The van der Waals surface area contributed by atoms with Gasteiger partial charge < -0.3 is 14.6 Å². The predicted molar refractivity (Wildman–Crippen MR) is 78.3 cm³/mol. The average molecular weight is 299 g/mol. The monoisotopic (exact) mass is 299 g/mol. The van der Waals surface area contributed by atoms with Gasteiger partial charge in [-0.05, 0) is 24.3 Å². The van der Waals surface area contributed by atoms with E-state index in [1.165, 1.54) is 0 Å². The van der Waals surface area contributed by atoms with E-state index in [2.05, 4.69) is 10.3 Å². The molecule has 114 valence electrons. The van der Waals surface area contributed by atoms with Gasteiger partial charge in [-0.15, -0.1) is 0 Å². The number of amides is 2. The third-order valence-corrected chi connectivity index (χ3v) is 3.68. The van der Waals surface area contributed by atoms with Gasteiger partial charge in [0.25, 0.3) is 0 Å². The van der Waals surface area contributed by atoms with Crippen LogP contribution in [0.2, 0.25) is 0 Å². The van der Waals surface area contributed by atoms with Crippen LogP contribution >= 0.6 is 0 Å². The van der Waals surface area contributed by atoms with Gasteiger partial charge in [0.15, 0.2) is 0 Å². The van der Waals surface area contributed by atoms with Gasteiger partial charge in [0, 0.05) is 19.2 Å². The van der Waals surface area contributed by atoms with E-state index >= 15 is 0 Å². The lowest BCUT2D eigenvalue weighted by Crippen LogP contribution is -2.32. The lowest BCUT2D eigenvalue weighted by molar-refractivity contribution is -0.129. The van der Waals surface area contributed by atoms with E-state index in [9.17, 15) is 9.59 Å². The number of rotatable bonds is 5. The van der Waals surface area contributed by atoms with Crippen molar-refractivity contribution in [3.05, 3.63) is 54.2 Å². The molecule has 1 unspecified atom stereocenters. The second-order valence-corrected chi connectivity index (χ2v) is 5.29. The number of carbonyl (C=O) groups is 2. The molecule has 0 bridgehead atoms. The predicted octanol–water partition coefficient (Wildman–Crippen LogP) is 1.34. The van der Waals surface area contributed by atoms with E-state index in [0.29, 0.717) is 25.4 Å². The third-order valence-electron chi connectivity index (χ3n) is 3.68. The van der Waals surface area contributed by atoms with E-state index < -0.39 is 0 Å². The summed E-state index contributed by atoms with van der Waals surface area (Å²) in [6.45, 7) is 1.22. The molecule has 1 atom stereocenters. The molecule has 1 aliphatic heterocycles. The van der Waals surface area contributed by atoms with Gasteiger partial charge in [0.1, 0.15) is 5.76 Å². The Labute approximate surface area is 128 Å². The van der Waals surface area contributed by atoms with E-state index in [0.717, 1.165) is 5.69 Å². The number of furan rings is 1. The van der Waals surface area contributed by atoms with Gasteiger partial charge in [-0.3, -0.25) is 14.6 Å². The van der Waals surface area contributed by atoms with E-state index in [1.54, 1.807) is 29.5 Å². The molecule has 6 nitrogen and oxygen atoms in total. The summed E-state index contributed by atoms with van der Waals surface area (Å²) in [5.74, 6) is 0.256. The summed E-state index contributed by atoms with van der Waals surface area (Å²) in [6, 6.07) is 9.16. The number of pyridine rings is 1. The SMILES string of the molecule is O=C(NCc1ccco1)C1CC(=O)N(Cc2ccccn2)C1. The summed E-state index contributed by atoms with van der Waals surface area (Å²) in [5, 5.41) is 2.80. The molecule has 2 amide bonds. The molecule has 2 aromatic rings. The minimum absolute atomic E-state index is 0.0104. The van der Waals surface area contributed by atoms with Crippen molar-refractivity contribution in [1.29, 1.82) is 0 Å². The first-order chi connectivity index (χ1) is 10.7. The highest BCUT2D eigenvalue weighted by Crippen LogP contribution is 2.20. The Balaban J connectivity index is 1.53. The first-order valence-corrected chi connectivity index (χ1v) is 7.20. The Morgan fingerprint density at radius 2 is 2.27 bits per heavy atom. The fourth-order valence-electron chi connectivity index (χ4n) is 2.52. The molecule has 2 aromatic heterocycles. The number of hydrogen-bond donors (Lipinski definition) is 1. The lowest BCUT2D eigenvalue weighted by Gasteiger charge is -2.15. The maximum Gasteiger partial charge on any atom is 0.225 e. The van der Waals surface area contributed by atoms with Crippen LogP contribution in [0.15, 0.2) is 47.2 Å². The van der Waals surface area contributed by atoms with Crippen LogP contribution < -0.4 is 5.32 Å². The molecular formula is C16H17N3O3. The summed E-state index contributed by atoms with van der Waals surface area (Å²) in [4.78, 5) is 30.1. The van der Waals surface area contributed by atoms with Gasteiger partial charge in [-0.25, -0.2) is 0 Å². The molecule has 0 radical (unpaired) electrons. The zero-order valence-corrected chi connectivity index (χ0v) is 12.1. The maximum atomic E-state index is 12.1. The smallest absolute Gasteiger partial charge is 0.225 e. The van der Waals surface area contributed by atoms with Gasteiger partial charge in [0.05, 0.1) is 31.0 Å². The van der Waals surface area contributed by atoms with Crippen molar-refractivity contribution in [1.82, 2.24) is 15.2 Å². The summed E-state index contributed by atoms with van der Waals surface area (Å²) in [7, 11) is 0. The van der Waals surface area contributed by atoms with Gasteiger partial charge in [0.2, 0.25) is 11.8 Å². The average Bonchev–Trinajstić information content (AvgIpc) is 3.16. The van der Waals surface area contributed by atoms with E-state index in [-0.39, 0.29) is 24.2 Å². The Bertz CT molecular complexity index is 640. The third kappa shape index (κ3) is 3.33. The van der Waals surface area contributed by atoms with Gasteiger partial charge in [-0.1, -0.05) is 6.07 Å². The quantitative estimate of drug-likeness (QED) is 0.904. The number of nitrogens with zero attached hydrogens (tertiary/aromatic N) is 2. The van der Waals surface area contributed by atoms with Gasteiger partial charge >= 0.3 is 0 Å². The van der Waals surface area contributed by atoms with Crippen LogP contribution in [0, 0.1) is 5.92 Å². The van der Waals surface area contributed by atoms with Crippen LogP contribution in [0.4, 0.5) is 0 Å². The normalized spacial score (nSPS) is 17.7. The molecule has 1 fully saturated rings. The molecule has 0 aliphatic carbocycles. The molecule has 6 heteroatoms. The Hall–Kier alpha value is -2.63. The second-order valence-electron chi connectivity index (χ2n) is 5.29. The molecule has 3 heterocycles. The zero-order valence-electron chi connectivity index (χ0n) is 12.1. The largest absolute Gasteiger partial charge is 0.467 e. The molecule has 0 aromatic carbocycles. The number of nitrogens with one attached hydrogen (secondary N) is 1. The van der Waals surface area contributed by atoms with Crippen molar-refractivity contribution in [3.8, 4) is 0 Å². The Morgan fingerprint density at radius 1 is 1.36 bits per heavy atom. The van der Waals surface area contributed by atoms with E-state index in [1.807, 2.05) is 18.2 Å². The molecule has 1 N–H and O–H groups in total. The minimum Gasteiger partial charge on any atom is -0.467 e. The van der Waals surface area contributed by atoms with Crippen molar-refractivity contribution < 1.29 is 14.0 Å². The van der Waals surface area contributed by atoms with Crippen LogP contribution in [0.3, 0.4) is 0 Å². The minimum atomic E-state index is -0.314. The summed E-state index contributed by atoms with van der Waals surface area (Å²) >= 11 is 0. The number of likely N-dealkylation sites (tertiary alicyclic amines) is 1. The topological polar surface area (TPSA) is 75.4 Å². The second kappa shape index (κ2) is 6.43. The summed E-state index contributed by atoms with van der Waals surface area (Å²) in [6.07, 6.45) is 3.51. The fraction of sp³-hybridized carbons (Fsp3) is 0.312. The van der Waals surface area contributed by atoms with Crippen LogP contribution in [0.1, 0.15) is 17.9 Å². The van der Waals surface area contributed by atoms with Crippen LogP contribution in [0.5, 0.6) is 0 Å². The van der Waals surface area contributed by atoms with Crippen LogP contribution in [-0.4, -0.2) is 28.2 Å². The molecule has 0 spiro atoms. The van der Waals surface area contributed by atoms with Crippen molar-refractivity contribution in [2.24, 2.45) is 5.92 Å². The summed E-state index contributed by atoms with van der Waals surface area (Å²) in [5.41, 5.74) is 0.826. The lowest BCUT2D eigenvalue weighted by atomic mass is 10.1. The molecule has 1 saturated heterocycles. The van der Waals surface area contributed by atoms with Crippen LogP contribution in [-0.2, 0) is 22.7 Å². The maximum absolute atomic E-state index is 12.1. The molecule has 3 rings (SSSR count). The first kappa shape index (κ1) is 14.3. The standard InChI is InChI=1S/C16H17N3O3/c20-15-8-12(16(21)18-9-14-5-3-7-22-14)10-19(15)11-13-4-1-2-6-17-13/h1-7,12H,8-11H2,(H,18,21). The Kier molecular flexibility index (Phi) is 4.18. The molecule has 1 aliphatic rings. The first-order valence-electron chi connectivity index (χ1n) is 7.20. The van der Waals surface area contributed by atoms with E-state index in [4.69, 9.17) is 4.42 Å². The van der Waals surface area contributed by atoms with Crippen molar-refractivity contribution >= 4 is 11.8 Å². The van der Waals surface area contributed by atoms with Crippen molar-refractivity contribution in [2.45, 2.75) is 19.5 Å². The molecule has 0 saturated carbocycles. The zero-order chi connectivity index (χ0) is 15.4. The van der Waals surface area contributed by atoms with Crippen molar-refractivity contribution in [2.75, 3.05) is 6.54 Å². The highest BCUT2D eigenvalue weighted by Gasteiger charge is 2.34. The number of carbonyl (C=O) groups excluding carboxylic acids is 2. The highest BCUT2D eigenvalue weighted by molar-refractivity contribution is 5.89. The Morgan fingerprint density at radius 3 is 3.00 bits per heavy atom. The van der Waals surface area contributed by atoms with Crippen LogP contribution in [0.25, 0.3) is 0 Å². The van der Waals surface area contributed by atoms with Crippen molar-refractivity contribution in [3.63, 3.8) is 0 Å².